The number of rotatable bonds is 4. The molecule has 0 saturated carbocycles. The van der Waals surface area contributed by atoms with Crippen LogP contribution in [0.3, 0.4) is 0 Å². The van der Waals surface area contributed by atoms with Crippen molar-refractivity contribution in [1.82, 2.24) is 9.62 Å². The average molecular weight is 354 g/mol. The first-order valence-corrected chi connectivity index (χ1v) is 9.49. The molecule has 6 nitrogen and oxygen atoms in total. The molecule has 2 rings (SSSR count). The van der Waals surface area contributed by atoms with Crippen molar-refractivity contribution >= 4 is 15.9 Å². The van der Waals surface area contributed by atoms with Crippen LogP contribution in [0, 0.1) is 6.92 Å². The molecular weight excluding hydrogens is 328 g/mol. The molecule has 24 heavy (non-hydrogen) atoms. The van der Waals surface area contributed by atoms with Crippen LogP contribution in [0.25, 0.3) is 0 Å². The number of nitrogens with zero attached hydrogens (tertiary/aromatic N) is 1. The Morgan fingerprint density at radius 2 is 2.00 bits per heavy atom. The Morgan fingerprint density at radius 3 is 2.58 bits per heavy atom. The van der Waals surface area contributed by atoms with Gasteiger partial charge in [-0.1, -0.05) is 6.07 Å². The van der Waals surface area contributed by atoms with E-state index < -0.39 is 21.6 Å². The van der Waals surface area contributed by atoms with E-state index in [1.54, 1.807) is 19.1 Å². The van der Waals surface area contributed by atoms with Gasteiger partial charge in [0.25, 0.3) is 0 Å². The average Bonchev–Trinajstić information content (AvgIpc) is 2.96. The van der Waals surface area contributed by atoms with E-state index in [2.05, 4.69) is 5.32 Å². The topological polar surface area (TPSA) is 75.7 Å². The molecule has 134 valence electrons. The van der Waals surface area contributed by atoms with Crippen LogP contribution < -0.4 is 10.1 Å². The molecule has 7 heteroatoms. The van der Waals surface area contributed by atoms with Crippen molar-refractivity contribution in [3.8, 4) is 5.75 Å². The smallest absolute Gasteiger partial charge is 0.244 e. The fraction of sp³-hybridized carbons (Fsp3) is 0.588. The SMILES string of the molecule is COc1ccc(C)c(S(=O)(=O)N2CCC[C@@H]2C(=O)NC(C)(C)C)c1. The highest BCUT2D eigenvalue weighted by Gasteiger charge is 2.40. The number of carbonyl (C=O) groups is 1. The molecule has 1 amide bonds. The Kier molecular flexibility index (Phi) is 5.25. The van der Waals surface area contributed by atoms with Crippen LogP contribution in [0.2, 0.25) is 0 Å². The standard InChI is InChI=1S/C17H26N2O4S/c1-12-8-9-13(23-5)11-15(12)24(21,22)19-10-6-7-14(19)16(20)18-17(2,3)4/h8-9,11,14H,6-7,10H2,1-5H3,(H,18,20)/t14-/m1/s1. The molecule has 0 radical (unpaired) electrons. The first kappa shape index (κ1) is 18.7. The second kappa shape index (κ2) is 6.72. The van der Waals surface area contributed by atoms with Crippen molar-refractivity contribution in [3.05, 3.63) is 23.8 Å². The summed E-state index contributed by atoms with van der Waals surface area (Å²) in [5.41, 5.74) is 0.235. The van der Waals surface area contributed by atoms with E-state index in [1.165, 1.54) is 17.5 Å². The molecule has 1 aromatic rings. The molecular formula is C17H26N2O4S. The van der Waals surface area contributed by atoms with Gasteiger partial charge in [-0.25, -0.2) is 8.42 Å². The maximum Gasteiger partial charge on any atom is 0.244 e. The van der Waals surface area contributed by atoms with Crippen molar-refractivity contribution in [2.24, 2.45) is 0 Å². The second-order valence-corrected chi connectivity index (χ2v) is 9.00. The number of carbonyl (C=O) groups excluding carboxylic acids is 1. The van der Waals surface area contributed by atoms with Gasteiger partial charge in [0.1, 0.15) is 11.8 Å². The van der Waals surface area contributed by atoms with E-state index in [0.717, 1.165) is 0 Å². The lowest BCUT2D eigenvalue weighted by Gasteiger charge is -2.28. The van der Waals surface area contributed by atoms with E-state index in [9.17, 15) is 13.2 Å². The molecule has 1 aromatic carbocycles. The van der Waals surface area contributed by atoms with Crippen molar-refractivity contribution in [2.45, 2.75) is 57.0 Å². The number of ether oxygens (including phenoxy) is 1. The van der Waals surface area contributed by atoms with E-state index in [1.807, 2.05) is 20.8 Å². The molecule has 1 fully saturated rings. The van der Waals surface area contributed by atoms with Crippen molar-refractivity contribution < 1.29 is 17.9 Å². The predicted molar refractivity (Wildman–Crippen MR) is 92.5 cm³/mol. The Balaban J connectivity index is 2.36. The predicted octanol–water partition coefficient (Wildman–Crippen LogP) is 2.07. The van der Waals surface area contributed by atoms with Gasteiger partial charge in [-0.3, -0.25) is 4.79 Å². The van der Waals surface area contributed by atoms with Crippen LogP contribution in [0.5, 0.6) is 5.75 Å². The number of nitrogens with one attached hydrogen (secondary N) is 1. The minimum atomic E-state index is -3.76. The molecule has 0 spiro atoms. The van der Waals surface area contributed by atoms with Gasteiger partial charge in [0.2, 0.25) is 15.9 Å². The molecule has 0 bridgehead atoms. The molecule has 0 aromatic heterocycles. The zero-order chi connectivity index (χ0) is 18.1. The highest BCUT2D eigenvalue weighted by atomic mass is 32.2. The summed E-state index contributed by atoms with van der Waals surface area (Å²) in [6, 6.07) is 4.29. The largest absolute Gasteiger partial charge is 0.497 e. The summed E-state index contributed by atoms with van der Waals surface area (Å²) in [4.78, 5) is 12.7. The zero-order valence-electron chi connectivity index (χ0n) is 14.9. The van der Waals surface area contributed by atoms with Crippen LogP contribution >= 0.6 is 0 Å². The Bertz CT molecular complexity index is 723. The van der Waals surface area contributed by atoms with E-state index in [0.29, 0.717) is 30.7 Å². The first-order valence-electron chi connectivity index (χ1n) is 8.05. The summed E-state index contributed by atoms with van der Waals surface area (Å²) in [6.07, 6.45) is 1.20. The fourth-order valence-electron chi connectivity index (χ4n) is 2.85. The fourth-order valence-corrected chi connectivity index (χ4v) is 4.75. The third-order valence-corrected chi connectivity index (χ3v) is 6.04. The lowest BCUT2D eigenvalue weighted by atomic mass is 10.1. The number of methoxy groups -OCH3 is 1. The van der Waals surface area contributed by atoms with Gasteiger partial charge in [0, 0.05) is 18.2 Å². The third kappa shape index (κ3) is 3.89. The maximum atomic E-state index is 13.1. The number of hydrogen-bond donors (Lipinski definition) is 1. The lowest BCUT2D eigenvalue weighted by Crippen LogP contribution is -2.51. The van der Waals surface area contributed by atoms with E-state index >= 15 is 0 Å². The number of amides is 1. The van der Waals surface area contributed by atoms with Gasteiger partial charge in [0.05, 0.1) is 12.0 Å². The van der Waals surface area contributed by atoms with Gasteiger partial charge >= 0.3 is 0 Å². The molecule has 1 aliphatic rings. The summed E-state index contributed by atoms with van der Waals surface area (Å²) in [7, 11) is -2.26. The van der Waals surface area contributed by atoms with Crippen LogP contribution in [-0.4, -0.2) is 43.9 Å². The third-order valence-electron chi connectivity index (χ3n) is 3.99. The molecule has 0 aliphatic carbocycles. The summed E-state index contributed by atoms with van der Waals surface area (Å²) < 4.78 is 32.6. The van der Waals surface area contributed by atoms with Gasteiger partial charge < -0.3 is 10.1 Å². The zero-order valence-corrected chi connectivity index (χ0v) is 15.7. The van der Waals surface area contributed by atoms with Gasteiger partial charge in [-0.2, -0.15) is 4.31 Å². The van der Waals surface area contributed by atoms with Crippen LogP contribution in [0.1, 0.15) is 39.2 Å². The molecule has 1 heterocycles. The summed E-state index contributed by atoms with van der Waals surface area (Å²) >= 11 is 0. The van der Waals surface area contributed by atoms with E-state index in [4.69, 9.17) is 4.74 Å². The molecule has 1 N–H and O–H groups in total. The van der Waals surface area contributed by atoms with Crippen LogP contribution in [-0.2, 0) is 14.8 Å². The normalized spacial score (nSPS) is 19.3. The maximum absolute atomic E-state index is 13.1. The number of aryl methyl sites for hydroxylation is 1. The Labute approximate surface area is 144 Å². The van der Waals surface area contributed by atoms with E-state index in [-0.39, 0.29) is 10.8 Å². The number of benzene rings is 1. The minimum absolute atomic E-state index is 0.192. The molecule has 1 aliphatic heterocycles. The second-order valence-electron chi connectivity index (χ2n) is 7.14. The molecule has 0 unspecified atom stereocenters. The van der Waals surface area contributed by atoms with Gasteiger partial charge in [-0.05, 0) is 52.2 Å². The lowest BCUT2D eigenvalue weighted by molar-refractivity contribution is -0.125. The van der Waals surface area contributed by atoms with Crippen LogP contribution in [0.4, 0.5) is 0 Å². The monoisotopic (exact) mass is 354 g/mol. The Hall–Kier alpha value is -1.60. The molecule has 1 saturated heterocycles. The minimum Gasteiger partial charge on any atom is -0.497 e. The highest BCUT2D eigenvalue weighted by Crippen LogP contribution is 2.30. The number of sulfonamides is 1. The van der Waals surface area contributed by atoms with Crippen molar-refractivity contribution in [3.63, 3.8) is 0 Å². The quantitative estimate of drug-likeness (QED) is 0.898. The van der Waals surface area contributed by atoms with Crippen molar-refractivity contribution in [1.29, 1.82) is 0 Å². The highest BCUT2D eigenvalue weighted by molar-refractivity contribution is 7.89. The van der Waals surface area contributed by atoms with Crippen LogP contribution in [0.15, 0.2) is 23.1 Å². The van der Waals surface area contributed by atoms with Gasteiger partial charge in [0.15, 0.2) is 0 Å². The summed E-state index contributed by atoms with van der Waals surface area (Å²) in [6.45, 7) is 7.73. The summed E-state index contributed by atoms with van der Waals surface area (Å²) in [5, 5.41) is 2.88. The Morgan fingerprint density at radius 1 is 1.33 bits per heavy atom. The number of hydrogen-bond acceptors (Lipinski definition) is 4. The van der Waals surface area contributed by atoms with Gasteiger partial charge in [-0.15, -0.1) is 0 Å². The first-order chi connectivity index (χ1) is 11.1. The summed E-state index contributed by atoms with van der Waals surface area (Å²) in [5.74, 6) is 0.234. The molecule has 1 atom stereocenters. The van der Waals surface area contributed by atoms with Crippen molar-refractivity contribution in [2.75, 3.05) is 13.7 Å².